The van der Waals surface area contributed by atoms with Crippen molar-refractivity contribution in [2.75, 3.05) is 13.1 Å². The fourth-order valence-corrected chi connectivity index (χ4v) is 3.26. The lowest BCUT2D eigenvalue weighted by Gasteiger charge is -2.25. The summed E-state index contributed by atoms with van der Waals surface area (Å²) in [6.07, 6.45) is 1.84. The highest BCUT2D eigenvalue weighted by molar-refractivity contribution is 14.0. The van der Waals surface area contributed by atoms with Gasteiger partial charge in [0.15, 0.2) is 5.96 Å². The van der Waals surface area contributed by atoms with E-state index in [1.807, 2.05) is 42.8 Å². The van der Waals surface area contributed by atoms with Gasteiger partial charge in [-0.15, -0.1) is 24.0 Å². The number of hydrogen-bond donors (Lipinski definition) is 2. The average Bonchev–Trinajstić information content (AvgIpc) is 3.01. The molecule has 1 aromatic heterocycles. The lowest BCUT2D eigenvalue weighted by molar-refractivity contribution is 0.230. The summed E-state index contributed by atoms with van der Waals surface area (Å²) in [5, 5.41) is 11.9. The molecule has 0 radical (unpaired) electrons. The lowest BCUT2D eigenvalue weighted by atomic mass is 10.1. The maximum atomic E-state index is 6.15. The molecule has 3 rings (SSSR count). The smallest absolute Gasteiger partial charge is 0.191 e. The summed E-state index contributed by atoms with van der Waals surface area (Å²) in [5.41, 5.74) is 0. The molecule has 1 aliphatic heterocycles. The number of guanidine groups is 1. The molecule has 28 heavy (non-hydrogen) atoms. The van der Waals surface area contributed by atoms with Gasteiger partial charge in [-0.1, -0.05) is 23.7 Å². The lowest BCUT2D eigenvalue weighted by Crippen LogP contribution is -2.47. The van der Waals surface area contributed by atoms with Gasteiger partial charge >= 0.3 is 0 Å². The van der Waals surface area contributed by atoms with Gasteiger partial charge in [0.05, 0.1) is 18.1 Å². The van der Waals surface area contributed by atoms with Crippen molar-refractivity contribution >= 4 is 41.5 Å². The first-order chi connectivity index (χ1) is 13.0. The largest absolute Gasteiger partial charge is 0.487 e. The molecule has 0 fully saturated rings. The topological polar surface area (TPSA) is 76.4 Å². The third-order valence-electron chi connectivity index (χ3n) is 4.32. The Labute approximate surface area is 188 Å². The molecule has 2 aromatic rings. The second-order valence-corrected chi connectivity index (χ2v) is 7.12. The van der Waals surface area contributed by atoms with Crippen molar-refractivity contribution in [1.82, 2.24) is 25.4 Å². The number of benzene rings is 1. The van der Waals surface area contributed by atoms with E-state index in [9.17, 15) is 0 Å². The average molecular weight is 519 g/mol. The second-order valence-electron chi connectivity index (χ2n) is 6.72. The normalized spacial score (nSPS) is 17.3. The Morgan fingerprint density at radius 2 is 2.21 bits per heavy atom. The molecular weight excluding hydrogens is 491 g/mol. The van der Waals surface area contributed by atoms with Crippen LogP contribution >= 0.6 is 35.6 Å². The van der Waals surface area contributed by atoms with Gasteiger partial charge in [-0.05, 0) is 39.3 Å². The number of ether oxygens (including phenoxy) is 1. The highest BCUT2D eigenvalue weighted by Gasteiger charge is 2.21. The van der Waals surface area contributed by atoms with E-state index in [4.69, 9.17) is 16.3 Å². The van der Waals surface area contributed by atoms with Crippen molar-refractivity contribution in [3.63, 3.8) is 0 Å². The molecule has 1 aromatic carbocycles. The first kappa shape index (κ1) is 22.7. The van der Waals surface area contributed by atoms with Crippen LogP contribution in [0.15, 0.2) is 29.3 Å². The maximum absolute atomic E-state index is 6.15. The Hall–Kier alpha value is -1.55. The van der Waals surface area contributed by atoms with Crippen LogP contribution in [0.1, 0.15) is 31.9 Å². The summed E-state index contributed by atoms with van der Waals surface area (Å²) in [6, 6.07) is 7.76. The third kappa shape index (κ3) is 6.23. The Balaban J connectivity index is 0.00000280. The Kier molecular flexibility index (Phi) is 8.81. The van der Waals surface area contributed by atoms with E-state index < -0.39 is 0 Å². The van der Waals surface area contributed by atoms with E-state index in [0.29, 0.717) is 17.3 Å². The summed E-state index contributed by atoms with van der Waals surface area (Å²) >= 11 is 6.15. The zero-order valence-electron chi connectivity index (χ0n) is 16.5. The van der Waals surface area contributed by atoms with E-state index in [0.717, 1.165) is 43.5 Å². The minimum atomic E-state index is -0.0868. The number of para-hydroxylation sites is 1. The zero-order chi connectivity index (χ0) is 19.2. The first-order valence-electron chi connectivity index (χ1n) is 9.41. The summed E-state index contributed by atoms with van der Waals surface area (Å²) in [7, 11) is 0. The van der Waals surface area contributed by atoms with Gasteiger partial charge in [-0.3, -0.25) is 0 Å². The van der Waals surface area contributed by atoms with Gasteiger partial charge in [0.2, 0.25) is 0 Å². The fraction of sp³-hybridized carbons (Fsp3) is 0.526. The molecule has 2 atom stereocenters. The van der Waals surface area contributed by atoms with Gasteiger partial charge in [0, 0.05) is 19.0 Å². The Bertz CT molecular complexity index is 796. The summed E-state index contributed by atoms with van der Waals surface area (Å²) in [5.74, 6) is 3.37. The number of halogens is 2. The van der Waals surface area contributed by atoms with Crippen molar-refractivity contribution in [3.8, 4) is 5.75 Å². The molecule has 0 saturated carbocycles. The van der Waals surface area contributed by atoms with Crippen molar-refractivity contribution in [1.29, 1.82) is 0 Å². The quantitative estimate of drug-likeness (QED) is 0.349. The van der Waals surface area contributed by atoms with Gasteiger partial charge in [-0.25, -0.2) is 14.7 Å². The third-order valence-corrected chi connectivity index (χ3v) is 4.63. The van der Waals surface area contributed by atoms with Crippen LogP contribution in [-0.2, 0) is 13.0 Å². The minimum Gasteiger partial charge on any atom is -0.487 e. The van der Waals surface area contributed by atoms with Crippen molar-refractivity contribution < 1.29 is 4.74 Å². The molecule has 2 N–H and O–H groups in total. The number of hydrogen-bond acceptors (Lipinski definition) is 4. The van der Waals surface area contributed by atoms with Crippen molar-refractivity contribution in [3.05, 3.63) is 40.9 Å². The van der Waals surface area contributed by atoms with E-state index in [2.05, 4.69) is 32.6 Å². The monoisotopic (exact) mass is 518 g/mol. The predicted molar refractivity (Wildman–Crippen MR) is 123 cm³/mol. The highest BCUT2D eigenvalue weighted by Crippen LogP contribution is 2.24. The number of aryl methyl sites for hydroxylation is 2. The Morgan fingerprint density at radius 1 is 1.43 bits per heavy atom. The molecule has 1 aliphatic rings. The van der Waals surface area contributed by atoms with Crippen LogP contribution in [0.2, 0.25) is 5.02 Å². The van der Waals surface area contributed by atoms with Crippen LogP contribution in [0.3, 0.4) is 0 Å². The SMILES string of the molecule is CCNC(=NCC(C)Oc1ccccc1Cl)NC1CCc2nc(C)nn2C1.I. The predicted octanol–water partition coefficient (Wildman–Crippen LogP) is 3.20. The fourth-order valence-electron chi connectivity index (χ4n) is 3.08. The second kappa shape index (κ2) is 10.8. The maximum Gasteiger partial charge on any atom is 0.191 e. The molecule has 0 saturated heterocycles. The summed E-state index contributed by atoms with van der Waals surface area (Å²) < 4.78 is 7.89. The van der Waals surface area contributed by atoms with Crippen LogP contribution in [0.4, 0.5) is 0 Å². The summed E-state index contributed by atoms with van der Waals surface area (Å²) in [6.45, 7) is 8.10. The van der Waals surface area contributed by atoms with E-state index in [-0.39, 0.29) is 36.1 Å². The first-order valence-corrected chi connectivity index (χ1v) is 9.79. The molecule has 0 aliphatic carbocycles. The molecular formula is C19H28ClIN6O. The van der Waals surface area contributed by atoms with Crippen LogP contribution in [0.5, 0.6) is 5.75 Å². The molecule has 0 amide bonds. The Morgan fingerprint density at radius 3 is 2.96 bits per heavy atom. The van der Waals surface area contributed by atoms with Crippen LogP contribution < -0.4 is 15.4 Å². The number of nitrogens with one attached hydrogen (secondary N) is 2. The van der Waals surface area contributed by atoms with Gasteiger partial charge in [0.1, 0.15) is 23.5 Å². The molecule has 0 bridgehead atoms. The molecule has 154 valence electrons. The van der Waals surface area contributed by atoms with Gasteiger partial charge in [-0.2, -0.15) is 5.10 Å². The number of aliphatic imine (C=N–C) groups is 1. The van der Waals surface area contributed by atoms with E-state index in [1.54, 1.807) is 0 Å². The number of rotatable bonds is 6. The van der Waals surface area contributed by atoms with Crippen molar-refractivity contribution in [2.24, 2.45) is 4.99 Å². The molecule has 9 heteroatoms. The number of nitrogens with zero attached hydrogens (tertiary/aromatic N) is 4. The van der Waals surface area contributed by atoms with E-state index >= 15 is 0 Å². The zero-order valence-corrected chi connectivity index (χ0v) is 19.6. The van der Waals surface area contributed by atoms with Crippen LogP contribution in [0, 0.1) is 6.92 Å². The number of aromatic nitrogens is 3. The molecule has 2 heterocycles. The highest BCUT2D eigenvalue weighted by atomic mass is 127. The van der Waals surface area contributed by atoms with Crippen LogP contribution in [0.25, 0.3) is 0 Å². The van der Waals surface area contributed by atoms with Crippen molar-refractivity contribution in [2.45, 2.75) is 52.3 Å². The standard InChI is InChI=1S/C19H27ClN6O.HI/c1-4-21-19(22-11-13(2)27-17-8-6-5-7-16(17)20)24-15-9-10-18-23-14(3)25-26(18)12-15;/h5-8,13,15H,4,9-12H2,1-3H3,(H2,21,22,24);1H. The van der Waals surface area contributed by atoms with Gasteiger partial charge < -0.3 is 15.4 Å². The number of fused-ring (bicyclic) bond motifs is 1. The molecule has 7 nitrogen and oxygen atoms in total. The summed E-state index contributed by atoms with van der Waals surface area (Å²) in [4.78, 5) is 9.13. The van der Waals surface area contributed by atoms with Crippen LogP contribution in [-0.4, -0.2) is 46.0 Å². The molecule has 2 unspecified atom stereocenters. The molecule has 0 spiro atoms. The van der Waals surface area contributed by atoms with Gasteiger partial charge in [0.25, 0.3) is 0 Å². The van der Waals surface area contributed by atoms with E-state index in [1.165, 1.54) is 0 Å². The minimum absolute atomic E-state index is 0.